The van der Waals surface area contributed by atoms with Gasteiger partial charge in [0.1, 0.15) is 5.82 Å². The number of aliphatic hydroxyl groups excluding tert-OH is 1. The molecule has 2 rings (SSSR count). The second kappa shape index (κ2) is 5.82. The summed E-state index contributed by atoms with van der Waals surface area (Å²) in [4.78, 5) is 12.1. The van der Waals surface area contributed by atoms with Gasteiger partial charge in [-0.05, 0) is 19.5 Å². The number of nitrogens with zero attached hydrogens (tertiary/aromatic N) is 2. The second-order valence-corrected chi connectivity index (χ2v) is 5.14. The highest BCUT2D eigenvalue weighted by Gasteiger charge is 2.37. The van der Waals surface area contributed by atoms with Gasteiger partial charge < -0.3 is 15.3 Å². The van der Waals surface area contributed by atoms with E-state index in [1.807, 2.05) is 11.9 Å². The topological polar surface area (TPSA) is 78.6 Å². The van der Waals surface area contributed by atoms with E-state index in [4.69, 9.17) is 0 Å². The van der Waals surface area contributed by atoms with E-state index in [9.17, 15) is 19.6 Å². The van der Waals surface area contributed by atoms with Gasteiger partial charge in [-0.2, -0.15) is 0 Å². The maximum absolute atomic E-state index is 14.2. The van der Waals surface area contributed by atoms with Crippen LogP contribution >= 0.6 is 0 Å². The number of non-ortho nitro benzene ring substituents is 1. The third-order valence-electron chi connectivity index (χ3n) is 3.71. The molecule has 1 aromatic carbocycles. The van der Waals surface area contributed by atoms with Gasteiger partial charge in [0.15, 0.2) is 0 Å². The average Bonchev–Trinajstić information content (AvgIpc) is 2.38. The van der Waals surface area contributed by atoms with Crippen LogP contribution in [0.4, 0.5) is 10.1 Å². The molecule has 1 aliphatic heterocycles. The fraction of sp³-hybridized carbons (Fsp3) is 0.538. The van der Waals surface area contributed by atoms with Gasteiger partial charge >= 0.3 is 0 Å². The molecule has 20 heavy (non-hydrogen) atoms. The Bertz CT molecular complexity index is 508. The Kier molecular flexibility index (Phi) is 4.32. The molecule has 0 aromatic heterocycles. The predicted molar refractivity (Wildman–Crippen MR) is 71.9 cm³/mol. The lowest BCUT2D eigenvalue weighted by Gasteiger charge is -2.43. The Morgan fingerprint density at radius 1 is 1.60 bits per heavy atom. The zero-order chi connectivity index (χ0) is 14.8. The lowest BCUT2D eigenvalue weighted by atomic mass is 9.84. The molecule has 7 heteroatoms. The SMILES string of the molecule is CN1CCNC(CCO)(c2ccc([N+](=O)[O-])cc2F)C1. The van der Waals surface area contributed by atoms with Gasteiger partial charge in [-0.1, -0.05) is 0 Å². The van der Waals surface area contributed by atoms with Crippen molar-refractivity contribution in [1.29, 1.82) is 0 Å². The normalized spacial score (nSPS) is 23.8. The molecule has 1 unspecified atom stereocenters. The molecule has 1 atom stereocenters. The number of likely N-dealkylation sites (N-methyl/N-ethyl adjacent to an activating group) is 1. The van der Waals surface area contributed by atoms with Crippen molar-refractivity contribution in [3.05, 3.63) is 39.7 Å². The summed E-state index contributed by atoms with van der Waals surface area (Å²) in [6, 6.07) is 3.67. The van der Waals surface area contributed by atoms with Crippen LogP contribution in [0.25, 0.3) is 0 Å². The van der Waals surface area contributed by atoms with Crippen LogP contribution in [0.2, 0.25) is 0 Å². The molecule has 6 nitrogen and oxygen atoms in total. The van der Waals surface area contributed by atoms with E-state index in [0.29, 0.717) is 25.1 Å². The Morgan fingerprint density at radius 2 is 2.35 bits per heavy atom. The highest BCUT2D eigenvalue weighted by molar-refractivity contribution is 5.38. The summed E-state index contributed by atoms with van der Waals surface area (Å²) in [5.74, 6) is -0.615. The summed E-state index contributed by atoms with van der Waals surface area (Å²) in [6.45, 7) is 1.97. The number of nitrogens with one attached hydrogen (secondary N) is 1. The van der Waals surface area contributed by atoms with Crippen molar-refractivity contribution < 1.29 is 14.4 Å². The zero-order valence-electron chi connectivity index (χ0n) is 11.3. The molecule has 1 saturated heterocycles. The molecule has 1 aromatic rings. The summed E-state index contributed by atoms with van der Waals surface area (Å²) in [5, 5.41) is 23.2. The molecule has 0 spiro atoms. The van der Waals surface area contributed by atoms with E-state index in [1.165, 1.54) is 12.1 Å². The molecule has 0 aliphatic carbocycles. The van der Waals surface area contributed by atoms with E-state index in [1.54, 1.807) is 0 Å². The smallest absolute Gasteiger partial charge is 0.272 e. The van der Waals surface area contributed by atoms with Crippen molar-refractivity contribution in [2.75, 3.05) is 33.3 Å². The molecule has 1 heterocycles. The fourth-order valence-electron chi connectivity index (χ4n) is 2.76. The summed E-state index contributed by atoms with van der Waals surface area (Å²) in [6.07, 6.45) is 0.353. The third-order valence-corrected chi connectivity index (χ3v) is 3.71. The fourth-order valence-corrected chi connectivity index (χ4v) is 2.76. The van der Waals surface area contributed by atoms with Crippen LogP contribution in [0.5, 0.6) is 0 Å². The van der Waals surface area contributed by atoms with E-state index in [-0.39, 0.29) is 12.3 Å². The number of benzene rings is 1. The van der Waals surface area contributed by atoms with Crippen molar-refractivity contribution in [2.45, 2.75) is 12.0 Å². The Labute approximate surface area is 116 Å². The van der Waals surface area contributed by atoms with Crippen LogP contribution in [-0.2, 0) is 5.54 Å². The minimum Gasteiger partial charge on any atom is -0.396 e. The summed E-state index contributed by atoms with van der Waals surface area (Å²) in [7, 11) is 1.93. The standard InChI is InChI=1S/C13H18FN3O3/c1-16-6-5-15-13(9-16,4-7-18)11-3-2-10(17(19)20)8-12(11)14/h2-3,8,15,18H,4-7,9H2,1H3. The number of halogens is 1. The highest BCUT2D eigenvalue weighted by Crippen LogP contribution is 2.31. The van der Waals surface area contributed by atoms with Gasteiger partial charge in [0, 0.05) is 37.9 Å². The second-order valence-electron chi connectivity index (χ2n) is 5.14. The zero-order valence-corrected chi connectivity index (χ0v) is 11.3. The van der Waals surface area contributed by atoms with E-state index in [0.717, 1.165) is 12.6 Å². The molecule has 1 aliphatic rings. The first kappa shape index (κ1) is 14.8. The van der Waals surface area contributed by atoms with Gasteiger partial charge in [0.2, 0.25) is 0 Å². The Hall–Kier alpha value is -1.57. The summed E-state index contributed by atoms with van der Waals surface area (Å²) in [5.41, 5.74) is -0.612. The largest absolute Gasteiger partial charge is 0.396 e. The van der Waals surface area contributed by atoms with Crippen LogP contribution in [-0.4, -0.2) is 48.2 Å². The maximum Gasteiger partial charge on any atom is 0.272 e. The molecule has 1 fully saturated rings. The maximum atomic E-state index is 14.2. The van der Waals surface area contributed by atoms with Crippen LogP contribution < -0.4 is 5.32 Å². The minimum absolute atomic E-state index is 0.0860. The van der Waals surface area contributed by atoms with Gasteiger partial charge in [-0.3, -0.25) is 10.1 Å². The van der Waals surface area contributed by atoms with Crippen LogP contribution in [0.3, 0.4) is 0 Å². The molecule has 2 N–H and O–H groups in total. The first-order valence-electron chi connectivity index (χ1n) is 6.47. The monoisotopic (exact) mass is 283 g/mol. The number of aliphatic hydroxyl groups is 1. The van der Waals surface area contributed by atoms with E-state index < -0.39 is 16.3 Å². The van der Waals surface area contributed by atoms with Crippen LogP contribution in [0, 0.1) is 15.9 Å². The number of hydrogen-bond acceptors (Lipinski definition) is 5. The van der Waals surface area contributed by atoms with Crippen molar-refractivity contribution in [2.24, 2.45) is 0 Å². The lowest BCUT2D eigenvalue weighted by molar-refractivity contribution is -0.385. The van der Waals surface area contributed by atoms with Crippen molar-refractivity contribution in [3.8, 4) is 0 Å². The number of rotatable bonds is 4. The van der Waals surface area contributed by atoms with Crippen molar-refractivity contribution >= 4 is 5.69 Å². The highest BCUT2D eigenvalue weighted by atomic mass is 19.1. The molecule has 0 bridgehead atoms. The minimum atomic E-state index is -0.707. The van der Waals surface area contributed by atoms with Gasteiger partial charge in [-0.15, -0.1) is 0 Å². The first-order valence-corrected chi connectivity index (χ1v) is 6.47. The van der Waals surface area contributed by atoms with Crippen LogP contribution in [0.1, 0.15) is 12.0 Å². The Morgan fingerprint density at radius 3 is 2.90 bits per heavy atom. The number of hydrogen-bond donors (Lipinski definition) is 2. The van der Waals surface area contributed by atoms with Gasteiger partial charge in [0.25, 0.3) is 5.69 Å². The quantitative estimate of drug-likeness (QED) is 0.632. The van der Waals surface area contributed by atoms with Crippen molar-refractivity contribution in [1.82, 2.24) is 10.2 Å². The lowest BCUT2D eigenvalue weighted by Crippen LogP contribution is -2.57. The molecular formula is C13H18FN3O3. The Balaban J connectivity index is 2.41. The first-order chi connectivity index (χ1) is 9.48. The van der Waals surface area contributed by atoms with Crippen molar-refractivity contribution in [3.63, 3.8) is 0 Å². The molecule has 0 amide bonds. The average molecular weight is 283 g/mol. The summed E-state index contributed by atoms with van der Waals surface area (Å²) >= 11 is 0. The molecule has 0 radical (unpaired) electrons. The molecular weight excluding hydrogens is 265 g/mol. The number of piperazine rings is 1. The summed E-state index contributed by atoms with van der Waals surface area (Å²) < 4.78 is 14.2. The number of nitro groups is 1. The van der Waals surface area contributed by atoms with E-state index >= 15 is 0 Å². The van der Waals surface area contributed by atoms with E-state index in [2.05, 4.69) is 5.32 Å². The van der Waals surface area contributed by atoms with Crippen LogP contribution in [0.15, 0.2) is 18.2 Å². The molecule has 110 valence electrons. The third kappa shape index (κ3) is 2.79. The van der Waals surface area contributed by atoms with Gasteiger partial charge in [0.05, 0.1) is 16.5 Å². The van der Waals surface area contributed by atoms with Gasteiger partial charge in [-0.25, -0.2) is 4.39 Å². The molecule has 0 saturated carbocycles. The predicted octanol–water partition coefficient (Wildman–Crippen LogP) is 0.847. The number of nitro benzene ring substituents is 1.